The van der Waals surface area contributed by atoms with Crippen molar-refractivity contribution >= 4 is 27.5 Å². The monoisotopic (exact) mass is 343 g/mol. The summed E-state index contributed by atoms with van der Waals surface area (Å²) in [6.07, 6.45) is 2.59. The van der Waals surface area contributed by atoms with E-state index in [4.69, 9.17) is 0 Å². The predicted octanol–water partition coefficient (Wildman–Crippen LogP) is 4.37. The van der Waals surface area contributed by atoms with Gasteiger partial charge in [-0.25, -0.2) is 0 Å². The number of hydrogen-bond acceptors (Lipinski definition) is 1. The summed E-state index contributed by atoms with van der Waals surface area (Å²) in [4.78, 5) is 12.5. The molecule has 0 aromatic heterocycles. The normalized spacial score (nSPS) is 16.6. The molecule has 1 amide bonds. The Kier molecular flexibility index (Phi) is 4.11. The smallest absolute Gasteiger partial charge is 0.228 e. The Labute approximate surface area is 133 Å². The third-order valence-corrected chi connectivity index (χ3v) is 4.62. The van der Waals surface area contributed by atoms with Crippen molar-refractivity contribution in [2.75, 3.05) is 5.32 Å². The molecule has 0 heterocycles. The number of anilines is 1. The van der Waals surface area contributed by atoms with E-state index in [0.717, 1.165) is 29.4 Å². The van der Waals surface area contributed by atoms with Gasteiger partial charge in [-0.05, 0) is 54.2 Å². The summed E-state index contributed by atoms with van der Waals surface area (Å²) < 4.78 is 1.08. The summed E-state index contributed by atoms with van der Waals surface area (Å²) in [6.45, 7) is 2.11. The lowest BCUT2D eigenvalue weighted by Crippen LogP contribution is -2.23. The van der Waals surface area contributed by atoms with E-state index < -0.39 is 0 Å². The number of carbonyl (C=O) groups is 1. The summed E-state index contributed by atoms with van der Waals surface area (Å²) in [5.41, 5.74) is 4.71. The van der Waals surface area contributed by atoms with Gasteiger partial charge in [0.1, 0.15) is 0 Å². The molecule has 0 aliphatic heterocycles. The highest BCUT2D eigenvalue weighted by Gasteiger charge is 2.27. The highest BCUT2D eigenvalue weighted by molar-refractivity contribution is 9.10. The molecule has 2 aromatic rings. The van der Waals surface area contributed by atoms with Crippen LogP contribution in [-0.2, 0) is 24.1 Å². The van der Waals surface area contributed by atoms with Crippen LogP contribution in [0, 0.1) is 5.92 Å². The van der Waals surface area contributed by atoms with Crippen LogP contribution in [0.15, 0.2) is 46.9 Å². The molecule has 108 valence electrons. The van der Waals surface area contributed by atoms with Gasteiger partial charge in [0, 0.05) is 16.1 Å². The van der Waals surface area contributed by atoms with Gasteiger partial charge in [0.15, 0.2) is 0 Å². The molecular formula is C18H18BrNO. The average molecular weight is 344 g/mol. The molecule has 1 aliphatic carbocycles. The topological polar surface area (TPSA) is 29.1 Å². The van der Waals surface area contributed by atoms with Crippen LogP contribution < -0.4 is 5.32 Å². The largest absolute Gasteiger partial charge is 0.326 e. The molecule has 2 nitrogen and oxygen atoms in total. The second-order valence-corrected chi connectivity index (χ2v) is 6.43. The summed E-state index contributed by atoms with van der Waals surface area (Å²) in [5.74, 6) is 0.169. The van der Waals surface area contributed by atoms with E-state index in [1.54, 1.807) is 0 Å². The number of amides is 1. The lowest BCUT2D eigenvalue weighted by molar-refractivity contribution is -0.119. The highest BCUT2D eigenvalue weighted by atomic mass is 79.9. The maximum atomic E-state index is 12.5. The van der Waals surface area contributed by atoms with Gasteiger partial charge in [0.25, 0.3) is 0 Å². The molecule has 1 atom stereocenters. The van der Waals surface area contributed by atoms with Gasteiger partial charge in [-0.1, -0.05) is 47.1 Å². The molecule has 0 saturated carbocycles. The molecule has 0 radical (unpaired) electrons. The zero-order chi connectivity index (χ0) is 14.8. The molecule has 2 aromatic carbocycles. The summed E-state index contributed by atoms with van der Waals surface area (Å²) >= 11 is 3.49. The third-order valence-electron chi connectivity index (χ3n) is 4.13. The van der Waals surface area contributed by atoms with Crippen molar-refractivity contribution in [2.45, 2.75) is 26.2 Å². The zero-order valence-corrected chi connectivity index (χ0v) is 13.6. The number of aryl methyl sites for hydroxylation is 1. The van der Waals surface area contributed by atoms with E-state index in [9.17, 15) is 4.79 Å². The first kappa shape index (κ1) is 14.3. The van der Waals surface area contributed by atoms with Crippen LogP contribution in [0.2, 0.25) is 0 Å². The standard InChI is InChI=1S/C18H18BrNO/c1-2-12-5-3-4-6-17(12)20-18(21)15-9-13-7-8-16(19)11-14(13)10-15/h3-8,11,15H,2,9-10H2,1H3,(H,20,21). The Hall–Kier alpha value is -1.61. The molecule has 1 N–H and O–H groups in total. The van der Waals surface area contributed by atoms with E-state index in [0.29, 0.717) is 0 Å². The quantitative estimate of drug-likeness (QED) is 0.880. The molecule has 1 unspecified atom stereocenters. The van der Waals surface area contributed by atoms with Crippen LogP contribution in [0.5, 0.6) is 0 Å². The molecule has 0 saturated heterocycles. The number of hydrogen-bond donors (Lipinski definition) is 1. The first-order valence-corrected chi connectivity index (χ1v) is 8.12. The van der Waals surface area contributed by atoms with Crippen molar-refractivity contribution in [1.82, 2.24) is 0 Å². The van der Waals surface area contributed by atoms with Crippen molar-refractivity contribution in [3.63, 3.8) is 0 Å². The Bertz CT molecular complexity index is 681. The summed E-state index contributed by atoms with van der Waals surface area (Å²) in [5, 5.41) is 3.10. The average Bonchev–Trinajstić information content (AvgIpc) is 2.91. The maximum Gasteiger partial charge on any atom is 0.228 e. The number of para-hydroxylation sites is 1. The minimum absolute atomic E-state index is 0.0409. The van der Waals surface area contributed by atoms with Crippen LogP contribution in [0.25, 0.3) is 0 Å². The number of rotatable bonds is 3. The lowest BCUT2D eigenvalue weighted by atomic mass is 10.0. The predicted molar refractivity (Wildman–Crippen MR) is 89.5 cm³/mol. The van der Waals surface area contributed by atoms with E-state index in [-0.39, 0.29) is 11.8 Å². The number of carbonyl (C=O) groups excluding carboxylic acids is 1. The SMILES string of the molecule is CCc1ccccc1NC(=O)C1Cc2ccc(Br)cc2C1. The third kappa shape index (κ3) is 3.03. The number of benzene rings is 2. The van der Waals surface area contributed by atoms with Gasteiger partial charge < -0.3 is 5.32 Å². The van der Waals surface area contributed by atoms with E-state index >= 15 is 0 Å². The number of fused-ring (bicyclic) bond motifs is 1. The van der Waals surface area contributed by atoms with Crippen LogP contribution in [0.3, 0.4) is 0 Å². The fourth-order valence-electron chi connectivity index (χ4n) is 2.96. The minimum atomic E-state index is 0.0409. The second-order valence-electron chi connectivity index (χ2n) is 5.52. The van der Waals surface area contributed by atoms with Gasteiger partial charge in [-0.2, -0.15) is 0 Å². The molecule has 1 aliphatic rings. The van der Waals surface area contributed by atoms with Crippen molar-refractivity contribution in [3.8, 4) is 0 Å². The van der Waals surface area contributed by atoms with Gasteiger partial charge in [0.2, 0.25) is 5.91 Å². The van der Waals surface area contributed by atoms with Gasteiger partial charge >= 0.3 is 0 Å². The van der Waals surface area contributed by atoms with E-state index in [1.165, 1.54) is 16.7 Å². The Balaban J connectivity index is 1.73. The first-order chi connectivity index (χ1) is 10.2. The minimum Gasteiger partial charge on any atom is -0.326 e. The lowest BCUT2D eigenvalue weighted by Gasteiger charge is -2.13. The Morgan fingerprint density at radius 3 is 2.76 bits per heavy atom. The molecule has 0 spiro atoms. The van der Waals surface area contributed by atoms with Gasteiger partial charge in [-0.3, -0.25) is 4.79 Å². The molecule has 3 rings (SSSR count). The van der Waals surface area contributed by atoms with Crippen LogP contribution in [0.4, 0.5) is 5.69 Å². The molecule has 0 fully saturated rings. The van der Waals surface area contributed by atoms with Crippen LogP contribution in [-0.4, -0.2) is 5.91 Å². The molecule has 21 heavy (non-hydrogen) atoms. The molecule has 0 bridgehead atoms. The van der Waals surface area contributed by atoms with Crippen LogP contribution in [0.1, 0.15) is 23.6 Å². The number of halogens is 1. The second kappa shape index (κ2) is 6.02. The molecule has 3 heteroatoms. The van der Waals surface area contributed by atoms with Crippen molar-refractivity contribution in [1.29, 1.82) is 0 Å². The van der Waals surface area contributed by atoms with Gasteiger partial charge in [0.05, 0.1) is 0 Å². The molecular weight excluding hydrogens is 326 g/mol. The fourth-order valence-corrected chi connectivity index (χ4v) is 3.37. The van der Waals surface area contributed by atoms with Crippen molar-refractivity contribution < 1.29 is 4.79 Å². The maximum absolute atomic E-state index is 12.5. The Morgan fingerprint density at radius 2 is 1.95 bits per heavy atom. The zero-order valence-electron chi connectivity index (χ0n) is 12.0. The van der Waals surface area contributed by atoms with Crippen molar-refractivity contribution in [2.24, 2.45) is 5.92 Å². The van der Waals surface area contributed by atoms with Crippen LogP contribution >= 0.6 is 15.9 Å². The van der Waals surface area contributed by atoms with Crippen molar-refractivity contribution in [3.05, 3.63) is 63.6 Å². The summed E-state index contributed by atoms with van der Waals surface area (Å²) in [6, 6.07) is 14.3. The highest BCUT2D eigenvalue weighted by Crippen LogP contribution is 2.30. The Morgan fingerprint density at radius 1 is 1.19 bits per heavy atom. The fraction of sp³-hybridized carbons (Fsp3) is 0.278. The van der Waals surface area contributed by atoms with E-state index in [1.807, 2.05) is 24.3 Å². The first-order valence-electron chi connectivity index (χ1n) is 7.33. The summed E-state index contributed by atoms with van der Waals surface area (Å²) in [7, 11) is 0. The van der Waals surface area contributed by atoms with Gasteiger partial charge in [-0.15, -0.1) is 0 Å². The number of nitrogens with one attached hydrogen (secondary N) is 1. The van der Waals surface area contributed by atoms with E-state index in [2.05, 4.69) is 46.4 Å².